The summed E-state index contributed by atoms with van der Waals surface area (Å²) in [6, 6.07) is 2.27. The number of nitro groups is 1. The van der Waals surface area contributed by atoms with Gasteiger partial charge in [-0.1, -0.05) is 12.2 Å². The molecule has 0 spiro atoms. The van der Waals surface area contributed by atoms with E-state index >= 15 is 0 Å². The molecule has 0 amide bonds. The smallest absolute Gasteiger partial charge is 0.303 e. The number of aldehydes is 1. The topological polar surface area (TPSA) is 60.2 Å². The fourth-order valence-corrected chi connectivity index (χ4v) is 1.31. The number of rotatable bonds is 4. The van der Waals surface area contributed by atoms with Gasteiger partial charge >= 0.3 is 6.18 Å². The minimum Gasteiger partial charge on any atom is -0.303 e. The number of hydrogen-bond acceptors (Lipinski definition) is 3. The van der Waals surface area contributed by atoms with Crippen molar-refractivity contribution in [3.8, 4) is 0 Å². The van der Waals surface area contributed by atoms with Gasteiger partial charge in [0.25, 0.3) is 5.69 Å². The molecule has 0 fully saturated rings. The largest absolute Gasteiger partial charge is 0.416 e. The monoisotopic (exact) mass is 259 g/mol. The third-order valence-electron chi connectivity index (χ3n) is 2.08. The van der Waals surface area contributed by atoms with Crippen molar-refractivity contribution >= 4 is 18.0 Å². The molecule has 7 heteroatoms. The Morgan fingerprint density at radius 2 is 2.00 bits per heavy atom. The van der Waals surface area contributed by atoms with Gasteiger partial charge in [-0.2, -0.15) is 13.2 Å². The summed E-state index contributed by atoms with van der Waals surface area (Å²) in [5, 5.41) is 10.5. The van der Waals surface area contributed by atoms with Crippen molar-refractivity contribution < 1.29 is 22.9 Å². The summed E-state index contributed by atoms with van der Waals surface area (Å²) in [4.78, 5) is 19.8. The Morgan fingerprint density at radius 1 is 1.33 bits per heavy atom. The summed E-state index contributed by atoms with van der Waals surface area (Å²) >= 11 is 0. The van der Waals surface area contributed by atoms with E-state index in [0.29, 0.717) is 12.4 Å². The molecule has 0 atom stereocenters. The van der Waals surface area contributed by atoms with Gasteiger partial charge in [0.2, 0.25) is 0 Å². The average Bonchev–Trinajstić information content (AvgIpc) is 2.27. The van der Waals surface area contributed by atoms with Crippen LogP contribution in [0.3, 0.4) is 0 Å². The zero-order chi connectivity index (χ0) is 13.8. The van der Waals surface area contributed by atoms with Gasteiger partial charge < -0.3 is 4.79 Å². The van der Waals surface area contributed by atoms with Crippen LogP contribution in [0.2, 0.25) is 0 Å². The van der Waals surface area contributed by atoms with Crippen molar-refractivity contribution in [2.75, 3.05) is 0 Å². The quantitative estimate of drug-likeness (QED) is 0.474. The fourth-order valence-electron chi connectivity index (χ4n) is 1.31. The van der Waals surface area contributed by atoms with E-state index in [9.17, 15) is 28.1 Å². The molecule has 0 aliphatic rings. The highest BCUT2D eigenvalue weighted by Gasteiger charge is 2.33. The fraction of sp³-hybridized carbons (Fsp3) is 0.182. The first-order chi connectivity index (χ1) is 8.36. The molecule has 96 valence electrons. The maximum Gasteiger partial charge on any atom is 0.416 e. The second kappa shape index (κ2) is 5.44. The second-order valence-corrected chi connectivity index (χ2v) is 3.33. The van der Waals surface area contributed by atoms with Crippen LogP contribution in [-0.4, -0.2) is 11.2 Å². The van der Waals surface area contributed by atoms with Crippen molar-refractivity contribution in [3.63, 3.8) is 0 Å². The Hall–Kier alpha value is -2.18. The Labute approximate surface area is 99.9 Å². The second-order valence-electron chi connectivity index (χ2n) is 3.33. The van der Waals surface area contributed by atoms with Crippen LogP contribution in [0.25, 0.3) is 6.08 Å². The summed E-state index contributed by atoms with van der Waals surface area (Å²) in [5.74, 6) is 0. The Kier molecular flexibility index (Phi) is 4.19. The standard InChI is InChI=1S/C11H8F3NO3/c12-11(13,14)10-5-4-9(15(17)18)7-8(10)3-1-2-6-16/h1,3-7H,2H2. The Balaban J connectivity index is 3.26. The van der Waals surface area contributed by atoms with E-state index in [1.807, 2.05) is 0 Å². The van der Waals surface area contributed by atoms with Gasteiger partial charge in [0.05, 0.1) is 10.5 Å². The van der Waals surface area contributed by atoms with E-state index in [4.69, 9.17) is 0 Å². The van der Waals surface area contributed by atoms with E-state index in [1.165, 1.54) is 6.08 Å². The number of non-ortho nitro benzene ring substituents is 1. The van der Waals surface area contributed by atoms with Crippen molar-refractivity contribution in [2.45, 2.75) is 12.6 Å². The van der Waals surface area contributed by atoms with Crippen molar-refractivity contribution in [3.05, 3.63) is 45.5 Å². The maximum absolute atomic E-state index is 12.6. The van der Waals surface area contributed by atoms with Crippen molar-refractivity contribution in [2.24, 2.45) is 0 Å². The number of nitro benzene ring substituents is 1. The molecule has 0 bridgehead atoms. The first-order valence-corrected chi connectivity index (χ1v) is 4.82. The van der Waals surface area contributed by atoms with E-state index in [1.54, 1.807) is 0 Å². The predicted octanol–water partition coefficient (Wildman–Crippen LogP) is 3.22. The lowest BCUT2D eigenvalue weighted by Crippen LogP contribution is -2.07. The van der Waals surface area contributed by atoms with Crippen LogP contribution in [0.4, 0.5) is 18.9 Å². The summed E-state index contributed by atoms with van der Waals surface area (Å²) in [7, 11) is 0. The number of carbonyl (C=O) groups excluding carboxylic acids is 1. The van der Waals surface area contributed by atoms with Gasteiger partial charge in [0.15, 0.2) is 0 Å². The van der Waals surface area contributed by atoms with Crippen LogP contribution in [0.1, 0.15) is 17.5 Å². The van der Waals surface area contributed by atoms with E-state index in [2.05, 4.69) is 0 Å². The Bertz CT molecular complexity index is 495. The molecule has 4 nitrogen and oxygen atoms in total. The van der Waals surface area contributed by atoms with Crippen LogP contribution in [0, 0.1) is 10.1 Å². The third kappa shape index (κ3) is 3.41. The number of halogens is 3. The number of alkyl halides is 3. The molecule has 1 aromatic carbocycles. The minimum atomic E-state index is -4.60. The molecule has 18 heavy (non-hydrogen) atoms. The molecule has 0 radical (unpaired) electrons. The van der Waals surface area contributed by atoms with Gasteiger partial charge in [0, 0.05) is 18.6 Å². The van der Waals surface area contributed by atoms with E-state index in [-0.39, 0.29) is 12.0 Å². The molecule has 1 aromatic rings. The molecule has 0 aliphatic heterocycles. The summed E-state index contributed by atoms with van der Waals surface area (Å²) in [6.45, 7) is 0. The highest BCUT2D eigenvalue weighted by Crippen LogP contribution is 2.34. The van der Waals surface area contributed by atoms with E-state index in [0.717, 1.165) is 18.2 Å². The summed E-state index contributed by atoms with van der Waals surface area (Å²) in [6.07, 6.45) is -1.89. The highest BCUT2D eigenvalue weighted by atomic mass is 19.4. The van der Waals surface area contributed by atoms with Crippen LogP contribution < -0.4 is 0 Å². The molecule has 0 aliphatic carbocycles. The van der Waals surface area contributed by atoms with Crippen molar-refractivity contribution in [1.29, 1.82) is 0 Å². The van der Waals surface area contributed by atoms with Gasteiger partial charge in [-0.3, -0.25) is 10.1 Å². The lowest BCUT2D eigenvalue weighted by Gasteiger charge is -2.09. The Morgan fingerprint density at radius 3 is 2.50 bits per heavy atom. The SMILES string of the molecule is O=CCC=Cc1cc([N+](=O)[O-])ccc1C(F)(F)F. The lowest BCUT2D eigenvalue weighted by molar-refractivity contribution is -0.384. The highest BCUT2D eigenvalue weighted by molar-refractivity contribution is 5.62. The van der Waals surface area contributed by atoms with Gasteiger partial charge in [-0.25, -0.2) is 0 Å². The number of benzene rings is 1. The van der Waals surface area contributed by atoms with Crippen molar-refractivity contribution in [1.82, 2.24) is 0 Å². The average molecular weight is 259 g/mol. The van der Waals surface area contributed by atoms with Gasteiger partial charge in [0.1, 0.15) is 6.29 Å². The van der Waals surface area contributed by atoms with Gasteiger partial charge in [-0.05, 0) is 11.6 Å². The first-order valence-electron chi connectivity index (χ1n) is 4.82. The molecule has 1 rings (SSSR count). The molecule has 0 N–H and O–H groups in total. The van der Waals surface area contributed by atoms with E-state index < -0.39 is 22.4 Å². The molecule has 0 saturated carbocycles. The first kappa shape index (κ1) is 13.9. The number of nitrogens with zero attached hydrogens (tertiary/aromatic N) is 1. The molecular formula is C11H8F3NO3. The predicted molar refractivity (Wildman–Crippen MR) is 57.8 cm³/mol. The minimum absolute atomic E-state index is 0.0556. The zero-order valence-electron chi connectivity index (χ0n) is 8.98. The maximum atomic E-state index is 12.6. The number of carbonyl (C=O) groups is 1. The van der Waals surface area contributed by atoms with Crippen LogP contribution in [0.15, 0.2) is 24.3 Å². The molecule has 0 aromatic heterocycles. The molecule has 0 saturated heterocycles. The molecule has 0 heterocycles. The summed E-state index contributed by atoms with van der Waals surface area (Å²) in [5.41, 5.74) is -1.75. The van der Waals surface area contributed by atoms with Gasteiger partial charge in [-0.15, -0.1) is 0 Å². The lowest BCUT2D eigenvalue weighted by atomic mass is 10.1. The van der Waals surface area contributed by atoms with Crippen LogP contribution in [0.5, 0.6) is 0 Å². The number of hydrogen-bond donors (Lipinski definition) is 0. The molecular weight excluding hydrogens is 251 g/mol. The van der Waals surface area contributed by atoms with Crippen LogP contribution in [-0.2, 0) is 11.0 Å². The molecule has 0 unspecified atom stereocenters. The van der Waals surface area contributed by atoms with Crippen LogP contribution >= 0.6 is 0 Å². The third-order valence-corrected chi connectivity index (χ3v) is 2.08. The summed E-state index contributed by atoms with van der Waals surface area (Å²) < 4.78 is 37.9. The normalized spacial score (nSPS) is 11.7. The zero-order valence-corrected chi connectivity index (χ0v) is 8.98. The number of allylic oxidation sites excluding steroid dienone is 1.